The number of aromatic nitrogens is 2. The largest absolute Gasteiger partial charge is 0.497 e. The summed E-state index contributed by atoms with van der Waals surface area (Å²) in [7, 11) is 3.38. The number of imidazole rings is 1. The second-order valence-corrected chi connectivity index (χ2v) is 10.1. The molecule has 1 aliphatic rings. The van der Waals surface area contributed by atoms with Crippen molar-refractivity contribution in [3.63, 3.8) is 0 Å². The fourth-order valence-corrected chi connectivity index (χ4v) is 5.26. The summed E-state index contributed by atoms with van der Waals surface area (Å²) >= 11 is 0. The van der Waals surface area contributed by atoms with Crippen LogP contribution in [0, 0.1) is 11.3 Å². The maximum absolute atomic E-state index is 13.4. The minimum Gasteiger partial charge on any atom is -0.497 e. The van der Waals surface area contributed by atoms with E-state index in [-0.39, 0.29) is 11.7 Å². The first-order valence-electron chi connectivity index (χ1n) is 13.5. The van der Waals surface area contributed by atoms with Crippen molar-refractivity contribution >= 4 is 16.9 Å². The van der Waals surface area contributed by atoms with E-state index in [1.54, 1.807) is 73.7 Å². The molecule has 10 nitrogen and oxygen atoms in total. The summed E-state index contributed by atoms with van der Waals surface area (Å²) in [4.78, 5) is 17.7. The number of carbonyl (C=O) groups is 1. The van der Waals surface area contributed by atoms with Gasteiger partial charge in [-0.2, -0.15) is 5.26 Å². The highest BCUT2D eigenvalue weighted by atomic mass is 16.5. The van der Waals surface area contributed by atoms with Crippen LogP contribution in [0.1, 0.15) is 32.9 Å². The monoisotopic (exact) mass is 563 g/mol. The Labute approximate surface area is 242 Å². The maximum Gasteiger partial charge on any atom is 0.265 e. The molecule has 1 saturated heterocycles. The van der Waals surface area contributed by atoms with Gasteiger partial charge in [-0.25, -0.2) is 9.99 Å². The number of ether oxygens (including phenoxy) is 2. The van der Waals surface area contributed by atoms with Crippen molar-refractivity contribution in [1.29, 1.82) is 5.26 Å². The predicted octanol–water partition coefficient (Wildman–Crippen LogP) is 3.97. The molecule has 3 aromatic carbocycles. The van der Waals surface area contributed by atoms with E-state index in [0.717, 1.165) is 5.56 Å². The molecular weight excluding hydrogens is 534 g/mol. The molecule has 2 aromatic heterocycles. The average molecular weight is 564 g/mol. The van der Waals surface area contributed by atoms with Gasteiger partial charge in [0, 0.05) is 36.7 Å². The molecule has 1 unspecified atom stereocenters. The van der Waals surface area contributed by atoms with Crippen LogP contribution < -0.4 is 10.2 Å². The molecule has 10 heteroatoms. The zero-order valence-electron chi connectivity index (χ0n) is 23.2. The minimum atomic E-state index is -1.75. The smallest absolute Gasteiger partial charge is 0.265 e. The van der Waals surface area contributed by atoms with E-state index < -0.39 is 5.60 Å². The number of nitrogens with one attached hydrogen (secondary N) is 1. The number of morpholine rings is 1. The number of hydrazine groups is 1. The molecule has 0 bridgehead atoms. The van der Waals surface area contributed by atoms with Crippen molar-refractivity contribution in [3.05, 3.63) is 107 Å². The van der Waals surface area contributed by atoms with E-state index in [1.165, 1.54) is 0 Å². The molecular formula is C32H29N5O5. The zero-order valence-corrected chi connectivity index (χ0v) is 23.2. The number of carbonyl (C=O) groups excluding carboxylic acids is 1. The van der Waals surface area contributed by atoms with Crippen LogP contribution in [0.4, 0.5) is 0 Å². The average Bonchev–Trinajstić information content (AvgIpc) is 3.67. The first kappa shape index (κ1) is 27.2. The molecule has 1 atom stereocenters. The molecule has 1 aliphatic heterocycles. The normalized spacial score (nSPS) is 15.2. The number of hydrogen-bond acceptors (Lipinski definition) is 8. The van der Waals surface area contributed by atoms with Crippen LogP contribution in [0.2, 0.25) is 0 Å². The predicted molar refractivity (Wildman–Crippen MR) is 155 cm³/mol. The molecule has 1 fully saturated rings. The Morgan fingerprint density at radius 2 is 1.90 bits per heavy atom. The maximum atomic E-state index is 13.4. The summed E-state index contributed by atoms with van der Waals surface area (Å²) in [6, 6.07) is 21.6. The standard InChI is InChI=1S/C32H29N5O5/c1-36-20-34-19-28(36)32(39,25-8-6-21(18-33)7-9-25)29-17-23-14-24(31(38)35-37-10-12-41-13-11-37)16-27(30(23)42-29)22-4-3-5-26(15-22)40-2/h3-9,14-17,19-20,39H,10-13H2,1-2H3,(H,35,38). The quantitative estimate of drug-likeness (QED) is 0.305. The van der Waals surface area contributed by atoms with Gasteiger partial charge in [-0.3, -0.25) is 10.2 Å². The van der Waals surface area contributed by atoms with Crippen molar-refractivity contribution < 1.29 is 23.8 Å². The molecule has 0 spiro atoms. The van der Waals surface area contributed by atoms with Crippen LogP contribution in [0.5, 0.6) is 5.75 Å². The Morgan fingerprint density at radius 3 is 2.60 bits per heavy atom. The number of fused-ring (bicyclic) bond motifs is 1. The molecule has 1 amide bonds. The number of nitriles is 1. The number of furan rings is 1. The van der Waals surface area contributed by atoms with E-state index in [2.05, 4.69) is 16.5 Å². The fourth-order valence-electron chi connectivity index (χ4n) is 5.26. The lowest BCUT2D eigenvalue weighted by atomic mass is 9.87. The van der Waals surface area contributed by atoms with E-state index in [9.17, 15) is 15.2 Å². The SMILES string of the molecule is COc1cccc(-c2cc(C(=O)NN3CCOCC3)cc3cc(C(O)(c4ccc(C#N)cc4)c4cncn4C)oc23)c1. The van der Waals surface area contributed by atoms with E-state index in [1.807, 2.05) is 29.3 Å². The van der Waals surface area contributed by atoms with Crippen LogP contribution in [0.25, 0.3) is 22.1 Å². The Bertz CT molecular complexity index is 1800. The molecule has 0 radical (unpaired) electrons. The topological polar surface area (TPSA) is 126 Å². The Balaban J connectivity index is 1.54. The molecule has 212 valence electrons. The van der Waals surface area contributed by atoms with Gasteiger partial charge in [0.1, 0.15) is 17.1 Å². The second kappa shape index (κ2) is 11.1. The van der Waals surface area contributed by atoms with Gasteiger partial charge in [-0.1, -0.05) is 24.3 Å². The molecule has 2 N–H and O–H groups in total. The fraction of sp³-hybridized carbons (Fsp3) is 0.219. The lowest BCUT2D eigenvalue weighted by Crippen LogP contribution is -2.48. The third kappa shape index (κ3) is 4.90. The summed E-state index contributed by atoms with van der Waals surface area (Å²) in [5.41, 5.74) is 5.03. The highest BCUT2D eigenvalue weighted by molar-refractivity contribution is 6.03. The lowest BCUT2D eigenvalue weighted by Gasteiger charge is -2.27. The first-order valence-corrected chi connectivity index (χ1v) is 13.5. The van der Waals surface area contributed by atoms with Crippen molar-refractivity contribution in [2.75, 3.05) is 33.4 Å². The number of methoxy groups -OCH3 is 1. The minimum absolute atomic E-state index is 0.237. The number of aliphatic hydroxyl groups is 1. The van der Waals surface area contributed by atoms with Gasteiger partial charge < -0.3 is 23.6 Å². The summed E-state index contributed by atoms with van der Waals surface area (Å²) in [5, 5.41) is 24.2. The van der Waals surface area contributed by atoms with Gasteiger partial charge in [0.15, 0.2) is 5.60 Å². The van der Waals surface area contributed by atoms with Crippen molar-refractivity contribution in [2.45, 2.75) is 5.60 Å². The van der Waals surface area contributed by atoms with Crippen LogP contribution >= 0.6 is 0 Å². The Hall–Kier alpha value is -4.95. The molecule has 0 aliphatic carbocycles. The van der Waals surface area contributed by atoms with Crippen LogP contribution in [0.3, 0.4) is 0 Å². The zero-order chi connectivity index (χ0) is 29.3. The van der Waals surface area contributed by atoms with Gasteiger partial charge >= 0.3 is 0 Å². The van der Waals surface area contributed by atoms with Gasteiger partial charge in [0.05, 0.1) is 50.2 Å². The molecule has 3 heterocycles. The number of nitrogens with zero attached hydrogens (tertiary/aromatic N) is 4. The van der Waals surface area contributed by atoms with E-state index in [4.69, 9.17) is 13.9 Å². The van der Waals surface area contributed by atoms with Crippen LogP contribution in [-0.2, 0) is 17.4 Å². The highest BCUT2D eigenvalue weighted by Crippen LogP contribution is 2.42. The number of aryl methyl sites for hydroxylation is 1. The molecule has 42 heavy (non-hydrogen) atoms. The lowest BCUT2D eigenvalue weighted by molar-refractivity contribution is 0.0126. The van der Waals surface area contributed by atoms with Gasteiger partial charge in [0.25, 0.3) is 5.91 Å². The van der Waals surface area contributed by atoms with Crippen molar-refractivity contribution in [3.8, 4) is 22.9 Å². The number of rotatable bonds is 7. The van der Waals surface area contributed by atoms with Crippen LogP contribution in [-0.4, -0.2) is 59.0 Å². The molecule has 6 rings (SSSR count). The Kier molecular flexibility index (Phi) is 7.22. The van der Waals surface area contributed by atoms with Crippen molar-refractivity contribution in [1.82, 2.24) is 20.0 Å². The van der Waals surface area contributed by atoms with Gasteiger partial charge in [0.2, 0.25) is 0 Å². The van der Waals surface area contributed by atoms with Gasteiger partial charge in [-0.05, 0) is 53.6 Å². The Morgan fingerprint density at radius 1 is 1.12 bits per heavy atom. The number of benzene rings is 3. The summed E-state index contributed by atoms with van der Waals surface area (Å²) in [6.07, 6.45) is 3.18. The second-order valence-electron chi connectivity index (χ2n) is 10.1. The molecule has 5 aromatic rings. The summed E-state index contributed by atoms with van der Waals surface area (Å²) in [5.74, 6) is 0.625. The van der Waals surface area contributed by atoms with Crippen LogP contribution in [0.15, 0.2) is 83.7 Å². The third-order valence-electron chi connectivity index (χ3n) is 7.51. The van der Waals surface area contributed by atoms with Crippen molar-refractivity contribution in [2.24, 2.45) is 7.05 Å². The van der Waals surface area contributed by atoms with Gasteiger partial charge in [-0.15, -0.1) is 0 Å². The molecule has 0 saturated carbocycles. The number of hydrogen-bond donors (Lipinski definition) is 2. The third-order valence-corrected chi connectivity index (χ3v) is 7.51. The van der Waals surface area contributed by atoms with E-state index in [0.29, 0.717) is 71.0 Å². The van der Waals surface area contributed by atoms with E-state index >= 15 is 0 Å². The highest BCUT2D eigenvalue weighted by Gasteiger charge is 2.40. The summed E-state index contributed by atoms with van der Waals surface area (Å²) in [6.45, 7) is 2.27. The number of amides is 1. The first-order chi connectivity index (χ1) is 20.4. The summed E-state index contributed by atoms with van der Waals surface area (Å²) < 4.78 is 19.1.